The second-order valence-corrected chi connectivity index (χ2v) is 30.5. The topological polar surface area (TPSA) is 396 Å². The summed E-state index contributed by atoms with van der Waals surface area (Å²) in [6.07, 6.45) is 8.23. The van der Waals surface area contributed by atoms with Crippen molar-refractivity contribution in [3.63, 3.8) is 0 Å². The minimum Gasteiger partial charge on any atom is -0.287 e. The quantitative estimate of drug-likeness (QED) is 0.0484. The summed E-state index contributed by atoms with van der Waals surface area (Å²) >= 11 is 32.3. The summed E-state index contributed by atoms with van der Waals surface area (Å²) in [4.78, 5) is 70.1. The number of nitrogens with zero attached hydrogens (tertiary/aromatic N) is 22. The maximum atomic E-state index is 11.2. The zero-order valence-electron chi connectivity index (χ0n) is 71.8. The number of carbonyl (C=O) groups is 4. The Kier molecular flexibility index (Phi) is 35.5. The number of nitriles is 12. The van der Waals surface area contributed by atoms with Crippen LogP contribution in [0.4, 0.5) is 11.4 Å². The maximum absolute atomic E-state index is 11.2. The van der Waals surface area contributed by atoms with Gasteiger partial charge in [0.05, 0.1) is 75.3 Å². The van der Waals surface area contributed by atoms with E-state index in [-0.39, 0.29) is 56.7 Å². The van der Waals surface area contributed by atoms with Gasteiger partial charge in [-0.1, -0.05) is 191 Å². The number of aromatic nitrogens is 2. The van der Waals surface area contributed by atoms with Crippen LogP contribution in [-0.2, 0) is 33.3 Å². The van der Waals surface area contributed by atoms with Gasteiger partial charge in [-0.05, 0) is 148 Å². The average Bonchev–Trinajstić information content (AvgIpc) is 0.732. The zero-order valence-corrected chi connectivity index (χ0v) is 76.4. The van der Waals surface area contributed by atoms with Gasteiger partial charge in [-0.2, -0.15) is 92.2 Å². The molecule has 0 amide bonds. The monoisotopic (exact) mass is 1920 g/mol. The van der Waals surface area contributed by atoms with E-state index in [9.17, 15) is 19.2 Å². The van der Waals surface area contributed by atoms with Crippen molar-refractivity contribution in [1.82, 2.24) is 0 Å². The Hall–Kier alpha value is -20.8. The molecular formula is C108H46Cl6N22O4+2. The first-order valence-corrected chi connectivity index (χ1v) is 41.4. The SMILES string of the molecule is C[n+]1ccc(-c2cc[n+](C)cc2)cc1.N#CC1=C(C#N)C(=O)C(Cl)=C(Cl)C1=O.N#Cc1ccc(C#N)c2ccccc12.O=C1C(Cl)=C(Cl)C(=O)C(Cl)=C1Cl.[C-]#[N+]C([N+]#[C-])=c1cc2ccc3cc(=C(C#N)C#N)cc4ccc(c1)c2c34.[C-]#[N+]C([N+]#[C-])=c1ccc(=c2ccc(=C(C#N)C#N)cc2)cc1.[C-]#[N+]C([N+]#[C-])=c1ccc2cc3cc(=C(C#N)C#N)ccc3cc2c1.[C-]#[N+]c1cc(C#N)c(C#N)cc1[N+]#[C-]. The van der Waals surface area contributed by atoms with Crippen molar-refractivity contribution in [2.75, 3.05) is 0 Å². The van der Waals surface area contributed by atoms with Crippen LogP contribution in [0.25, 0.3) is 149 Å². The van der Waals surface area contributed by atoms with Crippen LogP contribution in [0.1, 0.15) is 22.3 Å². The first kappa shape index (κ1) is 103. The van der Waals surface area contributed by atoms with Crippen LogP contribution in [-0.4, -0.2) is 23.1 Å². The van der Waals surface area contributed by atoms with Crippen molar-refractivity contribution in [2.24, 2.45) is 14.1 Å². The molecule has 32 heteroatoms. The Balaban J connectivity index is 0.000000182. The third-order valence-electron chi connectivity index (χ3n) is 20.1. The van der Waals surface area contributed by atoms with Gasteiger partial charge in [0, 0.05) is 50.7 Å². The van der Waals surface area contributed by atoms with Crippen molar-refractivity contribution in [3.05, 3.63) is 440 Å². The van der Waals surface area contributed by atoms with Crippen molar-refractivity contribution in [1.29, 1.82) is 63.1 Å². The lowest BCUT2D eigenvalue weighted by Gasteiger charge is -2.10. The second-order valence-electron chi connectivity index (χ2n) is 28.2. The molecule has 0 radical (unpaired) electrons. The number of allylic oxidation sites excluding steroid dienone is 8. The van der Waals surface area contributed by atoms with Gasteiger partial charge in [-0.3, -0.25) is 28.9 Å². The molecule has 26 nitrogen and oxygen atoms in total. The fourth-order valence-electron chi connectivity index (χ4n) is 13.2. The van der Waals surface area contributed by atoms with Crippen molar-refractivity contribution >= 4 is 203 Å². The van der Waals surface area contributed by atoms with Crippen molar-refractivity contribution in [2.45, 2.75) is 0 Å². The minimum atomic E-state index is -0.893. The molecule has 2 aromatic heterocycles. The normalized spacial score (nSPS) is 10.9. The lowest BCUT2D eigenvalue weighted by Crippen LogP contribution is -2.26. The van der Waals surface area contributed by atoms with Crippen LogP contribution < -0.4 is 40.4 Å². The van der Waals surface area contributed by atoms with E-state index in [0.717, 1.165) is 75.1 Å². The summed E-state index contributed by atoms with van der Waals surface area (Å²) in [5.74, 6) is -3.09. The summed E-state index contributed by atoms with van der Waals surface area (Å²) in [5, 5.41) is 120. The van der Waals surface area contributed by atoms with Crippen LogP contribution in [0.15, 0.2) is 285 Å². The van der Waals surface area contributed by atoms with Crippen molar-refractivity contribution in [3.8, 4) is 84.0 Å². The van der Waals surface area contributed by atoms with E-state index in [0.29, 0.717) is 42.4 Å². The molecule has 0 saturated carbocycles. The number of carbonyl (C=O) groups excluding carboxylic acids is 4. The molecule has 0 atom stereocenters. The Morgan fingerprint density at radius 2 is 0.550 bits per heavy atom. The largest absolute Gasteiger partial charge is 0.526 e. The molecule has 0 saturated heterocycles. The zero-order chi connectivity index (χ0) is 102. The number of hydrogen-bond acceptors (Lipinski definition) is 16. The number of ketones is 4. The molecule has 16 rings (SSSR count). The van der Waals surface area contributed by atoms with E-state index in [1.165, 1.54) is 35.4 Å². The molecule has 0 unspecified atom stereocenters. The lowest BCUT2D eigenvalue weighted by atomic mass is 9.93. The van der Waals surface area contributed by atoms with E-state index in [1.54, 1.807) is 60.7 Å². The molecule has 12 aromatic carbocycles. The number of halogens is 6. The highest BCUT2D eigenvalue weighted by Crippen LogP contribution is 2.36. The summed E-state index contributed by atoms with van der Waals surface area (Å²) in [5.41, 5.74) is 3.33. The predicted molar refractivity (Wildman–Crippen MR) is 524 cm³/mol. The predicted octanol–water partition coefficient (Wildman–Crippen LogP) is 18.7. The smallest absolute Gasteiger partial charge is 0.287 e. The number of aryl methyl sites for hydroxylation is 2. The summed E-state index contributed by atoms with van der Waals surface area (Å²) in [6.45, 7) is 55.9. The van der Waals surface area contributed by atoms with Crippen LogP contribution in [0.3, 0.4) is 0 Å². The molecule has 2 aliphatic carbocycles. The third-order valence-corrected chi connectivity index (χ3v) is 22.6. The molecule has 0 fully saturated rings. The van der Waals surface area contributed by atoms with E-state index < -0.39 is 64.5 Å². The van der Waals surface area contributed by atoms with Gasteiger partial charge < -0.3 is 0 Å². The number of pyridine rings is 2. The molecule has 2 heterocycles. The van der Waals surface area contributed by atoms with Crippen LogP contribution in [0, 0.1) is 199 Å². The first-order valence-electron chi connectivity index (χ1n) is 39.2. The first-order chi connectivity index (χ1) is 67.5. The molecule has 652 valence electrons. The van der Waals surface area contributed by atoms with Crippen LogP contribution in [0.5, 0.6) is 0 Å². The van der Waals surface area contributed by atoms with Gasteiger partial charge in [0.25, 0.3) is 0 Å². The van der Waals surface area contributed by atoms with E-state index in [4.69, 9.17) is 185 Å². The molecule has 140 heavy (non-hydrogen) atoms. The molecule has 14 aromatic rings. The van der Waals surface area contributed by atoms with E-state index in [2.05, 4.69) is 100.0 Å². The molecule has 0 aliphatic heterocycles. The fraction of sp³-hybridized carbons (Fsp3) is 0.0185. The fourth-order valence-corrected chi connectivity index (χ4v) is 14.4. The van der Waals surface area contributed by atoms with Crippen LogP contribution >= 0.6 is 69.6 Å². The van der Waals surface area contributed by atoms with Gasteiger partial charge in [0.15, 0.2) is 36.2 Å². The highest BCUT2D eigenvalue weighted by Gasteiger charge is 2.34. The average molecular weight is 1930 g/mol. The second kappa shape index (κ2) is 48.3. The Bertz CT molecular complexity index is 8590. The van der Waals surface area contributed by atoms with Crippen LogP contribution in [0.2, 0.25) is 0 Å². The van der Waals surface area contributed by atoms with Gasteiger partial charge in [0.1, 0.15) is 160 Å². The number of Topliss-reactive ketones (excluding diaryl/α,β-unsaturated/α-hetero) is 4. The highest BCUT2D eigenvalue weighted by molar-refractivity contribution is 6.69. The Morgan fingerprint density at radius 1 is 0.271 bits per heavy atom. The molecule has 0 bridgehead atoms. The summed E-state index contributed by atoms with van der Waals surface area (Å²) < 4.78 is 4.07. The number of benzene rings is 12. The standard InChI is InChI=1S/C22H8N4.C20H8N4.C18H8N4.C12H14N2.C12H6N2.C10H2N4.C8Cl2N2O2.C6Cl4O2/c1-25-22(26-2)18-9-15-5-3-13-7-17(19(11-23)12-24)8-14-4-6-16(10-18)21(15)20(13)14;1-23-20(24-2)16-6-5-14-7-17-9-15(19(11-21)12-22)4-3-13(17)8-18(14)10-16;1-21-18(22-2)16-9-7-14(8-10-16)13-3-5-15(6-4-13)17(11-19)12-20;1-13-7-3-11(4-8-13)12-5-9-14(2)10-6-12;13-7-9-5-6-10(8-14)12-4-2-1-3-11(9)12;1-13-9-3-7(5-11)8(6-12)4-10(9)14-2;9-5-6(10)8(14)4(2-12)3(1-11)7(5)13;7-1-2(8)6(12)4(10)3(9)5(1)11/h3-10H;3-10H;3-10H;3-10H,1-2H3;1-6H;3-4H;;/q;;;+2;;;;. The molecule has 0 spiro atoms. The minimum absolute atomic E-state index is 0.0455. The summed E-state index contributed by atoms with van der Waals surface area (Å²) in [6, 6.07) is 88.2. The number of fused-ring (bicyclic) bond motifs is 3. The van der Waals surface area contributed by atoms with Gasteiger partial charge in [-0.15, -0.1) is 0 Å². The number of rotatable bonds is 1. The van der Waals surface area contributed by atoms with Gasteiger partial charge >= 0.3 is 17.5 Å². The Labute approximate surface area is 826 Å². The highest BCUT2D eigenvalue weighted by atomic mass is 35.5. The number of hydrogen-bond donors (Lipinski definition) is 0. The Morgan fingerprint density at radius 3 is 0.879 bits per heavy atom. The molecule has 2 aliphatic rings. The van der Waals surface area contributed by atoms with Gasteiger partial charge in [0.2, 0.25) is 23.1 Å². The maximum Gasteiger partial charge on any atom is 0.526 e. The molecular weight excluding hydrogens is 1880 g/mol. The summed E-state index contributed by atoms with van der Waals surface area (Å²) in [7, 11) is 4.05. The lowest BCUT2D eigenvalue weighted by molar-refractivity contribution is -0.671. The van der Waals surface area contributed by atoms with E-state index in [1.807, 2.05) is 193 Å². The van der Waals surface area contributed by atoms with E-state index >= 15 is 0 Å². The molecule has 0 N–H and O–H groups in total. The van der Waals surface area contributed by atoms with Crippen molar-refractivity contribution < 1.29 is 28.3 Å². The third kappa shape index (κ3) is 23.5. The van der Waals surface area contributed by atoms with Gasteiger partial charge in [-0.25, -0.2) is 9.13 Å².